The highest BCUT2D eigenvalue weighted by atomic mass is 14.9. The molecule has 1 unspecified atom stereocenters. The second-order valence-electron chi connectivity index (χ2n) is 4.26. The van der Waals surface area contributed by atoms with E-state index in [9.17, 15) is 0 Å². The van der Waals surface area contributed by atoms with Gasteiger partial charge < -0.3 is 10.7 Å². The largest absolute Gasteiger partial charge is 0.342 e. The van der Waals surface area contributed by atoms with E-state index in [4.69, 9.17) is 5.73 Å². The number of nitrogens with two attached hydrogens (primary N) is 1. The van der Waals surface area contributed by atoms with Crippen molar-refractivity contribution in [2.24, 2.45) is 5.73 Å². The van der Waals surface area contributed by atoms with Gasteiger partial charge >= 0.3 is 0 Å². The lowest BCUT2D eigenvalue weighted by atomic mass is 10.1. The van der Waals surface area contributed by atoms with Crippen LogP contribution in [0.4, 0.5) is 0 Å². The predicted molar refractivity (Wildman–Crippen MR) is 67.4 cm³/mol. The third-order valence-corrected chi connectivity index (χ3v) is 2.98. The Hall–Kier alpha value is -1.35. The number of benzene rings is 1. The van der Waals surface area contributed by atoms with Crippen molar-refractivity contribution in [2.45, 2.75) is 39.2 Å². The zero-order valence-corrected chi connectivity index (χ0v) is 9.96. The molecule has 0 saturated carbocycles. The Bertz CT molecular complexity index is 473. The second-order valence-corrected chi connectivity index (χ2v) is 4.26. The van der Waals surface area contributed by atoms with E-state index in [-0.39, 0.29) is 6.04 Å². The van der Waals surface area contributed by atoms with E-state index in [2.05, 4.69) is 42.0 Å². The smallest absolute Gasteiger partial charge is 0.108 e. The minimum absolute atomic E-state index is 0.200. The molecule has 3 nitrogen and oxygen atoms in total. The molecule has 1 aromatic carbocycles. The molecule has 0 saturated heterocycles. The zero-order valence-electron chi connectivity index (χ0n) is 9.96. The molecule has 0 spiro atoms. The third-order valence-electron chi connectivity index (χ3n) is 2.98. The van der Waals surface area contributed by atoms with E-state index in [0.29, 0.717) is 0 Å². The van der Waals surface area contributed by atoms with Crippen LogP contribution >= 0.6 is 0 Å². The fraction of sp³-hybridized carbons (Fsp3) is 0.462. The lowest BCUT2D eigenvalue weighted by Crippen LogP contribution is -2.21. The lowest BCUT2D eigenvalue weighted by molar-refractivity contribution is 0.630. The number of aryl methyl sites for hydroxylation is 1. The van der Waals surface area contributed by atoms with Gasteiger partial charge in [0.05, 0.1) is 11.0 Å². The summed E-state index contributed by atoms with van der Waals surface area (Å²) in [6.45, 7) is 4.26. The predicted octanol–water partition coefficient (Wildman–Crippen LogP) is 2.41. The first kappa shape index (κ1) is 11.1. The Morgan fingerprint density at radius 3 is 2.88 bits per heavy atom. The van der Waals surface area contributed by atoms with Crippen molar-refractivity contribution < 1.29 is 0 Å². The summed E-state index contributed by atoms with van der Waals surface area (Å²) in [6, 6.07) is 6.58. The van der Waals surface area contributed by atoms with Gasteiger partial charge in [0.15, 0.2) is 0 Å². The number of rotatable bonds is 4. The first-order valence-corrected chi connectivity index (χ1v) is 5.96. The molecule has 2 rings (SSSR count). The molecule has 0 aliphatic heterocycles. The van der Waals surface area contributed by atoms with E-state index in [0.717, 1.165) is 36.1 Å². The van der Waals surface area contributed by atoms with Gasteiger partial charge in [-0.15, -0.1) is 0 Å². The average molecular weight is 217 g/mol. The highest BCUT2D eigenvalue weighted by molar-refractivity contribution is 5.75. The van der Waals surface area contributed by atoms with Gasteiger partial charge in [0, 0.05) is 12.5 Å². The van der Waals surface area contributed by atoms with Crippen molar-refractivity contribution in [2.75, 3.05) is 0 Å². The molecule has 0 amide bonds. The zero-order chi connectivity index (χ0) is 11.5. The number of hydrogen-bond donors (Lipinski definition) is 2. The Morgan fingerprint density at radius 1 is 1.38 bits per heavy atom. The number of nitrogens with one attached hydrogen (secondary N) is 1. The molecular formula is C13H19N3. The van der Waals surface area contributed by atoms with Crippen LogP contribution in [-0.2, 0) is 12.8 Å². The highest BCUT2D eigenvalue weighted by Gasteiger charge is 2.06. The molecule has 0 fully saturated rings. The average Bonchev–Trinajstić information content (AvgIpc) is 2.69. The van der Waals surface area contributed by atoms with Gasteiger partial charge in [-0.3, -0.25) is 0 Å². The number of H-pyrrole nitrogens is 1. The van der Waals surface area contributed by atoms with Crippen LogP contribution in [0.5, 0.6) is 0 Å². The van der Waals surface area contributed by atoms with Gasteiger partial charge in [0.25, 0.3) is 0 Å². The molecule has 3 N–H and O–H groups in total. The summed E-state index contributed by atoms with van der Waals surface area (Å²) >= 11 is 0. The fourth-order valence-corrected chi connectivity index (χ4v) is 1.82. The fourth-order valence-electron chi connectivity index (χ4n) is 1.82. The topological polar surface area (TPSA) is 54.7 Å². The van der Waals surface area contributed by atoms with E-state index >= 15 is 0 Å². The Labute approximate surface area is 96.1 Å². The van der Waals surface area contributed by atoms with E-state index in [1.165, 1.54) is 5.56 Å². The molecular weight excluding hydrogens is 198 g/mol. The van der Waals surface area contributed by atoms with Gasteiger partial charge in [0.1, 0.15) is 5.82 Å². The minimum atomic E-state index is 0.200. The van der Waals surface area contributed by atoms with Crippen molar-refractivity contribution in [3.63, 3.8) is 0 Å². The molecule has 0 bridgehead atoms. The van der Waals surface area contributed by atoms with Crippen LogP contribution in [0.3, 0.4) is 0 Å². The molecule has 16 heavy (non-hydrogen) atoms. The first-order valence-electron chi connectivity index (χ1n) is 5.96. The summed E-state index contributed by atoms with van der Waals surface area (Å²) in [7, 11) is 0. The maximum absolute atomic E-state index is 5.92. The Morgan fingerprint density at radius 2 is 2.19 bits per heavy atom. The normalized spacial score (nSPS) is 13.2. The summed E-state index contributed by atoms with van der Waals surface area (Å²) in [5, 5.41) is 0. The van der Waals surface area contributed by atoms with Crippen LogP contribution in [0, 0.1) is 0 Å². The van der Waals surface area contributed by atoms with E-state index in [1.807, 2.05) is 0 Å². The lowest BCUT2D eigenvalue weighted by Gasteiger charge is -2.04. The van der Waals surface area contributed by atoms with Crippen molar-refractivity contribution in [3.05, 3.63) is 29.6 Å². The minimum Gasteiger partial charge on any atom is -0.342 e. The molecule has 1 atom stereocenters. The number of nitrogens with zero attached hydrogens (tertiary/aromatic N) is 1. The van der Waals surface area contributed by atoms with E-state index < -0.39 is 0 Å². The summed E-state index contributed by atoms with van der Waals surface area (Å²) in [6.07, 6.45) is 2.86. The maximum atomic E-state index is 5.92. The Kier molecular flexibility index (Phi) is 3.25. The van der Waals surface area contributed by atoms with Gasteiger partial charge in [-0.25, -0.2) is 4.98 Å². The first-order chi connectivity index (χ1) is 7.72. The monoisotopic (exact) mass is 217 g/mol. The van der Waals surface area contributed by atoms with Crippen LogP contribution in [-0.4, -0.2) is 16.0 Å². The molecule has 0 radical (unpaired) electrons. The number of aromatic amines is 1. The van der Waals surface area contributed by atoms with Crippen molar-refractivity contribution >= 4 is 11.0 Å². The molecule has 1 aromatic heterocycles. The SMILES string of the molecule is CCc1ccc2nc(CC(N)CC)[nH]c2c1. The summed E-state index contributed by atoms with van der Waals surface area (Å²) in [4.78, 5) is 7.88. The molecule has 3 heteroatoms. The number of fused-ring (bicyclic) bond motifs is 1. The van der Waals surface area contributed by atoms with Crippen LogP contribution < -0.4 is 5.73 Å². The van der Waals surface area contributed by atoms with Gasteiger partial charge in [-0.05, 0) is 30.5 Å². The van der Waals surface area contributed by atoms with Gasteiger partial charge in [-0.1, -0.05) is 19.9 Å². The Balaban J connectivity index is 2.29. The quantitative estimate of drug-likeness (QED) is 0.826. The molecule has 86 valence electrons. The molecule has 2 aromatic rings. The summed E-state index contributed by atoms with van der Waals surface area (Å²) < 4.78 is 0. The summed E-state index contributed by atoms with van der Waals surface area (Å²) in [5.41, 5.74) is 9.42. The number of aromatic nitrogens is 2. The number of hydrogen-bond acceptors (Lipinski definition) is 2. The van der Waals surface area contributed by atoms with Crippen molar-refractivity contribution in [1.82, 2.24) is 9.97 Å². The van der Waals surface area contributed by atoms with Gasteiger partial charge in [-0.2, -0.15) is 0 Å². The molecule has 0 aliphatic carbocycles. The number of imidazole rings is 1. The summed E-state index contributed by atoms with van der Waals surface area (Å²) in [5.74, 6) is 0.998. The third kappa shape index (κ3) is 2.25. The van der Waals surface area contributed by atoms with Crippen LogP contribution in [0.2, 0.25) is 0 Å². The highest BCUT2D eigenvalue weighted by Crippen LogP contribution is 2.15. The van der Waals surface area contributed by atoms with E-state index in [1.54, 1.807) is 0 Å². The van der Waals surface area contributed by atoms with Crippen LogP contribution in [0.15, 0.2) is 18.2 Å². The molecule has 0 aliphatic rings. The maximum Gasteiger partial charge on any atom is 0.108 e. The van der Waals surface area contributed by atoms with Crippen molar-refractivity contribution in [3.8, 4) is 0 Å². The van der Waals surface area contributed by atoms with Crippen LogP contribution in [0.25, 0.3) is 11.0 Å². The van der Waals surface area contributed by atoms with Crippen LogP contribution in [0.1, 0.15) is 31.7 Å². The van der Waals surface area contributed by atoms with Crippen molar-refractivity contribution in [1.29, 1.82) is 0 Å². The second kappa shape index (κ2) is 4.66. The molecule has 1 heterocycles. The van der Waals surface area contributed by atoms with Gasteiger partial charge in [0.2, 0.25) is 0 Å². The standard InChI is InChI=1S/C13H19N3/c1-3-9-5-6-11-12(7-9)16-13(15-11)8-10(14)4-2/h5-7,10H,3-4,8,14H2,1-2H3,(H,15,16).